The standard InChI is InChI=1S/C22H16F4N4O/c1-3-30-10-14(11(2)29-30)18-8-13(12-6-4-5-7-17(12)27-18)22(31)28-21-19(25)15(23)9-16(24)20(21)26/h4-10H,3H2,1-2H3,(H,28,31). The van der Waals surface area contributed by atoms with Crippen LogP contribution in [0.5, 0.6) is 0 Å². The molecule has 0 aliphatic carbocycles. The number of halogens is 4. The SMILES string of the molecule is CCn1cc(-c2cc(C(=O)Nc3c(F)c(F)cc(F)c3F)c3ccccc3n2)c(C)n1. The number of carbonyl (C=O) groups is 1. The average Bonchev–Trinajstić information content (AvgIpc) is 3.15. The van der Waals surface area contributed by atoms with Crippen molar-refractivity contribution in [1.82, 2.24) is 14.8 Å². The molecule has 0 aliphatic heterocycles. The fourth-order valence-corrected chi connectivity index (χ4v) is 3.30. The monoisotopic (exact) mass is 428 g/mol. The number of nitrogens with zero attached hydrogens (tertiary/aromatic N) is 3. The minimum atomic E-state index is -1.69. The molecule has 0 saturated carbocycles. The second-order valence-corrected chi connectivity index (χ2v) is 6.85. The quantitative estimate of drug-likeness (QED) is 0.357. The maximum atomic E-state index is 14.1. The Bertz CT molecular complexity index is 1310. The van der Waals surface area contributed by atoms with Crippen molar-refractivity contribution in [3.63, 3.8) is 0 Å². The molecule has 2 aromatic carbocycles. The van der Waals surface area contributed by atoms with Gasteiger partial charge in [0.2, 0.25) is 0 Å². The van der Waals surface area contributed by atoms with Crippen molar-refractivity contribution in [2.45, 2.75) is 20.4 Å². The minimum Gasteiger partial charge on any atom is -0.317 e. The van der Waals surface area contributed by atoms with E-state index in [2.05, 4.69) is 10.1 Å². The molecule has 2 aromatic heterocycles. The third-order valence-corrected chi connectivity index (χ3v) is 4.86. The van der Waals surface area contributed by atoms with E-state index in [1.54, 1.807) is 42.1 Å². The van der Waals surface area contributed by atoms with Gasteiger partial charge < -0.3 is 5.32 Å². The summed E-state index contributed by atoms with van der Waals surface area (Å²) >= 11 is 0. The Morgan fingerprint density at radius 1 is 1.06 bits per heavy atom. The molecule has 0 atom stereocenters. The molecule has 1 amide bonds. The van der Waals surface area contributed by atoms with Crippen molar-refractivity contribution in [3.05, 3.63) is 77.1 Å². The number of aryl methyl sites for hydroxylation is 2. The van der Waals surface area contributed by atoms with E-state index in [0.717, 1.165) is 0 Å². The first-order valence-corrected chi connectivity index (χ1v) is 9.38. The van der Waals surface area contributed by atoms with Gasteiger partial charge in [-0.05, 0) is 26.0 Å². The van der Waals surface area contributed by atoms with E-state index in [9.17, 15) is 22.4 Å². The average molecular weight is 428 g/mol. The summed E-state index contributed by atoms with van der Waals surface area (Å²) < 4.78 is 56.9. The van der Waals surface area contributed by atoms with Crippen molar-refractivity contribution in [2.75, 3.05) is 5.32 Å². The van der Waals surface area contributed by atoms with E-state index < -0.39 is 34.9 Å². The first-order chi connectivity index (χ1) is 14.8. The molecule has 0 bridgehead atoms. The van der Waals surface area contributed by atoms with Gasteiger partial charge in [-0.2, -0.15) is 5.10 Å². The van der Waals surface area contributed by atoms with Gasteiger partial charge in [0.05, 0.1) is 22.5 Å². The van der Waals surface area contributed by atoms with Gasteiger partial charge in [0.15, 0.2) is 23.3 Å². The van der Waals surface area contributed by atoms with Crippen LogP contribution in [-0.2, 0) is 6.54 Å². The van der Waals surface area contributed by atoms with Gasteiger partial charge in [-0.1, -0.05) is 18.2 Å². The summed E-state index contributed by atoms with van der Waals surface area (Å²) in [5, 5.41) is 6.73. The molecule has 158 valence electrons. The highest BCUT2D eigenvalue weighted by Crippen LogP contribution is 2.29. The Morgan fingerprint density at radius 3 is 2.39 bits per heavy atom. The van der Waals surface area contributed by atoms with Crippen molar-refractivity contribution in [3.8, 4) is 11.3 Å². The highest BCUT2D eigenvalue weighted by atomic mass is 19.2. The normalized spacial score (nSPS) is 11.2. The molecule has 2 heterocycles. The predicted molar refractivity (Wildman–Crippen MR) is 108 cm³/mol. The third kappa shape index (κ3) is 3.63. The van der Waals surface area contributed by atoms with Crippen LogP contribution in [0.3, 0.4) is 0 Å². The number of hydrogen-bond donors (Lipinski definition) is 1. The van der Waals surface area contributed by atoms with E-state index in [0.29, 0.717) is 34.4 Å². The largest absolute Gasteiger partial charge is 0.317 e. The van der Waals surface area contributed by atoms with E-state index in [4.69, 9.17) is 0 Å². The predicted octanol–water partition coefficient (Wildman–Crippen LogP) is 5.24. The van der Waals surface area contributed by atoms with Gasteiger partial charge in [0.25, 0.3) is 5.91 Å². The van der Waals surface area contributed by atoms with Gasteiger partial charge in [-0.15, -0.1) is 0 Å². The molecule has 0 aliphatic rings. The fraction of sp³-hybridized carbons (Fsp3) is 0.136. The lowest BCUT2D eigenvalue weighted by molar-refractivity contribution is 0.102. The minimum absolute atomic E-state index is 0.0349. The highest BCUT2D eigenvalue weighted by Gasteiger charge is 2.23. The summed E-state index contributed by atoms with van der Waals surface area (Å²) in [4.78, 5) is 17.5. The number of carbonyl (C=O) groups excluding carboxylic acids is 1. The Labute approximate surface area is 174 Å². The van der Waals surface area contributed by atoms with Crippen LogP contribution < -0.4 is 5.32 Å². The summed E-state index contributed by atoms with van der Waals surface area (Å²) in [6, 6.07) is 8.22. The summed E-state index contributed by atoms with van der Waals surface area (Å²) in [6.45, 7) is 4.34. The molecule has 31 heavy (non-hydrogen) atoms. The molecule has 0 spiro atoms. The van der Waals surface area contributed by atoms with E-state index in [-0.39, 0.29) is 11.6 Å². The van der Waals surface area contributed by atoms with E-state index in [1.807, 2.05) is 12.2 Å². The van der Waals surface area contributed by atoms with Crippen LogP contribution in [0.2, 0.25) is 0 Å². The van der Waals surface area contributed by atoms with Gasteiger partial charge in [0.1, 0.15) is 5.69 Å². The van der Waals surface area contributed by atoms with Gasteiger partial charge in [-0.3, -0.25) is 9.48 Å². The topological polar surface area (TPSA) is 59.8 Å². The number of para-hydroxylation sites is 1. The van der Waals surface area contributed by atoms with Crippen molar-refractivity contribution >= 4 is 22.5 Å². The third-order valence-electron chi connectivity index (χ3n) is 4.86. The van der Waals surface area contributed by atoms with Crippen molar-refractivity contribution in [1.29, 1.82) is 0 Å². The molecule has 4 rings (SSSR count). The number of anilines is 1. The zero-order valence-electron chi connectivity index (χ0n) is 16.5. The number of hydrogen-bond acceptors (Lipinski definition) is 3. The molecule has 9 heteroatoms. The lowest BCUT2D eigenvalue weighted by atomic mass is 10.0. The van der Waals surface area contributed by atoms with Crippen LogP contribution >= 0.6 is 0 Å². The van der Waals surface area contributed by atoms with Crippen LogP contribution in [-0.4, -0.2) is 20.7 Å². The lowest BCUT2D eigenvalue weighted by Gasteiger charge is -2.12. The van der Waals surface area contributed by atoms with Gasteiger partial charge in [0, 0.05) is 29.8 Å². The summed E-state index contributed by atoms with van der Waals surface area (Å²) in [6.07, 6.45) is 1.77. The summed E-state index contributed by atoms with van der Waals surface area (Å²) in [5.41, 5.74) is 1.08. The number of pyridine rings is 1. The second kappa shape index (κ2) is 7.82. The first kappa shape index (κ1) is 20.5. The maximum Gasteiger partial charge on any atom is 0.256 e. The Hall–Kier alpha value is -3.75. The first-order valence-electron chi connectivity index (χ1n) is 9.38. The van der Waals surface area contributed by atoms with Crippen molar-refractivity contribution in [2.24, 2.45) is 0 Å². The zero-order chi connectivity index (χ0) is 22.3. The van der Waals surface area contributed by atoms with Crippen LogP contribution in [0.15, 0.2) is 42.6 Å². The highest BCUT2D eigenvalue weighted by molar-refractivity contribution is 6.13. The molecule has 0 fully saturated rings. The van der Waals surface area contributed by atoms with Crippen molar-refractivity contribution < 1.29 is 22.4 Å². The number of aromatic nitrogens is 3. The Balaban J connectivity index is 1.85. The summed E-state index contributed by atoms with van der Waals surface area (Å²) in [7, 11) is 0. The fourth-order valence-electron chi connectivity index (χ4n) is 3.30. The molecule has 0 saturated heterocycles. The Kier molecular flexibility index (Phi) is 5.18. The Morgan fingerprint density at radius 2 is 1.74 bits per heavy atom. The molecule has 0 radical (unpaired) electrons. The maximum absolute atomic E-state index is 14.1. The number of benzene rings is 2. The zero-order valence-corrected chi connectivity index (χ0v) is 16.5. The lowest BCUT2D eigenvalue weighted by Crippen LogP contribution is -2.16. The molecule has 4 aromatic rings. The second-order valence-electron chi connectivity index (χ2n) is 6.85. The van der Waals surface area contributed by atoms with Gasteiger partial charge >= 0.3 is 0 Å². The van der Waals surface area contributed by atoms with E-state index in [1.165, 1.54) is 6.07 Å². The molecular formula is C22H16F4N4O. The smallest absolute Gasteiger partial charge is 0.256 e. The van der Waals surface area contributed by atoms with Crippen LogP contribution in [0, 0.1) is 30.2 Å². The number of fused-ring (bicyclic) bond motifs is 1. The summed E-state index contributed by atoms with van der Waals surface area (Å²) in [5.74, 6) is -7.55. The number of nitrogens with one attached hydrogen (secondary N) is 1. The van der Waals surface area contributed by atoms with Crippen LogP contribution in [0.4, 0.5) is 23.2 Å². The molecule has 5 nitrogen and oxygen atoms in total. The number of amides is 1. The molecule has 1 N–H and O–H groups in total. The van der Waals surface area contributed by atoms with E-state index >= 15 is 0 Å². The van der Waals surface area contributed by atoms with Crippen LogP contribution in [0.1, 0.15) is 23.0 Å². The van der Waals surface area contributed by atoms with Gasteiger partial charge in [-0.25, -0.2) is 22.5 Å². The van der Waals surface area contributed by atoms with Crippen LogP contribution in [0.25, 0.3) is 22.2 Å². The molecule has 0 unspecified atom stereocenters. The number of rotatable bonds is 4. The molecular weight excluding hydrogens is 412 g/mol.